The van der Waals surface area contributed by atoms with Crippen molar-refractivity contribution in [1.29, 1.82) is 0 Å². The van der Waals surface area contributed by atoms with Gasteiger partial charge in [-0.05, 0) is 30.3 Å². The maximum Gasteiger partial charge on any atom is 0.177 e. The van der Waals surface area contributed by atoms with E-state index in [1.165, 1.54) is 0 Å². The Morgan fingerprint density at radius 3 is 2.55 bits per heavy atom. The van der Waals surface area contributed by atoms with E-state index in [0.29, 0.717) is 12.4 Å². The maximum atomic E-state index is 5.95. The highest BCUT2D eigenvalue weighted by molar-refractivity contribution is 5.57. The lowest BCUT2D eigenvalue weighted by molar-refractivity contribution is 0.0322. The number of benzene rings is 1. The summed E-state index contributed by atoms with van der Waals surface area (Å²) in [5, 5.41) is 15.2. The molecular formula is C30H34N6O4. The van der Waals surface area contributed by atoms with Crippen LogP contribution in [0.15, 0.2) is 59.4 Å². The molecule has 10 nitrogen and oxygen atoms in total. The van der Waals surface area contributed by atoms with E-state index in [2.05, 4.69) is 58.4 Å². The molecule has 2 atom stereocenters. The molecule has 6 rings (SSSR count). The molecule has 0 bridgehead atoms. The van der Waals surface area contributed by atoms with Crippen LogP contribution in [-0.2, 0) is 14.9 Å². The number of nitrogens with zero attached hydrogens (tertiary/aromatic N) is 4. The third-order valence-corrected chi connectivity index (χ3v) is 6.78. The molecule has 0 saturated carbocycles. The van der Waals surface area contributed by atoms with Crippen LogP contribution in [0, 0.1) is 11.8 Å². The molecule has 1 aromatic carbocycles. The van der Waals surface area contributed by atoms with E-state index in [1.54, 1.807) is 6.20 Å². The quantitative estimate of drug-likeness (QED) is 0.253. The van der Waals surface area contributed by atoms with Gasteiger partial charge in [-0.15, -0.1) is 0 Å². The number of hydrogen-bond donors (Lipinski definition) is 2. The summed E-state index contributed by atoms with van der Waals surface area (Å²) in [6.07, 6.45) is 3.37. The first-order valence-corrected chi connectivity index (χ1v) is 13.6. The monoisotopic (exact) mass is 542 g/mol. The van der Waals surface area contributed by atoms with Crippen LogP contribution >= 0.6 is 0 Å². The predicted molar refractivity (Wildman–Crippen MR) is 151 cm³/mol. The summed E-state index contributed by atoms with van der Waals surface area (Å²) in [5.74, 6) is 8.74. The molecule has 2 aliphatic heterocycles. The van der Waals surface area contributed by atoms with Crippen LogP contribution in [0.1, 0.15) is 37.7 Å². The van der Waals surface area contributed by atoms with E-state index in [-0.39, 0.29) is 17.9 Å². The molecule has 4 aromatic rings. The number of anilines is 2. The van der Waals surface area contributed by atoms with Gasteiger partial charge in [0, 0.05) is 54.0 Å². The first-order valence-electron chi connectivity index (χ1n) is 13.6. The number of aromatic nitrogens is 3. The summed E-state index contributed by atoms with van der Waals surface area (Å²) >= 11 is 0. The lowest BCUT2D eigenvalue weighted by atomic mass is 9.93. The third-order valence-electron chi connectivity index (χ3n) is 6.78. The zero-order valence-electron chi connectivity index (χ0n) is 23.0. The number of epoxide rings is 1. The van der Waals surface area contributed by atoms with Gasteiger partial charge in [0.2, 0.25) is 0 Å². The van der Waals surface area contributed by atoms with Crippen LogP contribution < -0.4 is 15.4 Å². The zero-order chi connectivity index (χ0) is 27.5. The van der Waals surface area contributed by atoms with Crippen LogP contribution in [0.2, 0.25) is 0 Å². The smallest absolute Gasteiger partial charge is 0.177 e. The molecule has 0 amide bonds. The van der Waals surface area contributed by atoms with Gasteiger partial charge in [0.15, 0.2) is 18.3 Å². The fourth-order valence-corrected chi connectivity index (χ4v) is 4.37. The summed E-state index contributed by atoms with van der Waals surface area (Å²) < 4.78 is 24.3. The number of rotatable bonds is 8. The van der Waals surface area contributed by atoms with E-state index in [1.807, 2.05) is 53.2 Å². The number of morpholine rings is 1. The van der Waals surface area contributed by atoms with Crippen molar-refractivity contribution in [2.75, 3.05) is 50.1 Å². The standard InChI is InChI=1S/C30H34N6O4/c1-30(2,3)26-18-27(34-40-26)33-29-28(39-29)32-23-8-6-21(7-9-23)4-5-22-16-24-17-25(20-36(24)31-19-22)38-15-12-35-10-13-37-14-11-35/h6-9,16-20,28-29,32H,10-15H2,1-3H3,(H,33,34). The number of fused-ring (bicyclic) bond motifs is 1. The number of nitrogens with one attached hydrogen (secondary N) is 2. The minimum Gasteiger partial charge on any atom is -0.491 e. The molecule has 5 heterocycles. The molecule has 0 aliphatic carbocycles. The van der Waals surface area contributed by atoms with E-state index in [0.717, 1.165) is 66.7 Å². The topological polar surface area (TPSA) is 102 Å². The highest BCUT2D eigenvalue weighted by Gasteiger charge is 2.40. The van der Waals surface area contributed by atoms with Crippen LogP contribution in [0.5, 0.6) is 5.75 Å². The molecule has 2 fully saturated rings. The van der Waals surface area contributed by atoms with Gasteiger partial charge in [0.1, 0.15) is 18.1 Å². The van der Waals surface area contributed by atoms with E-state index >= 15 is 0 Å². The van der Waals surface area contributed by atoms with Gasteiger partial charge in [0.05, 0.1) is 31.1 Å². The van der Waals surface area contributed by atoms with Crippen molar-refractivity contribution in [3.63, 3.8) is 0 Å². The fourth-order valence-electron chi connectivity index (χ4n) is 4.37. The lowest BCUT2D eigenvalue weighted by Crippen LogP contribution is -2.38. The van der Waals surface area contributed by atoms with Crippen LogP contribution in [0.4, 0.5) is 11.5 Å². The van der Waals surface area contributed by atoms with Crippen LogP contribution in [0.25, 0.3) is 5.52 Å². The van der Waals surface area contributed by atoms with E-state index in [4.69, 9.17) is 18.7 Å². The third kappa shape index (κ3) is 6.57. The first kappa shape index (κ1) is 26.2. The van der Waals surface area contributed by atoms with Gasteiger partial charge in [-0.2, -0.15) is 5.10 Å². The van der Waals surface area contributed by atoms with Crippen LogP contribution in [-0.4, -0.2) is 71.6 Å². The molecule has 208 valence electrons. The summed E-state index contributed by atoms with van der Waals surface area (Å²) in [6, 6.07) is 13.9. The van der Waals surface area contributed by atoms with Crippen molar-refractivity contribution in [2.24, 2.45) is 0 Å². The van der Waals surface area contributed by atoms with Gasteiger partial charge < -0.3 is 29.4 Å². The largest absolute Gasteiger partial charge is 0.491 e. The molecule has 2 saturated heterocycles. The Balaban J connectivity index is 0.994. The summed E-state index contributed by atoms with van der Waals surface area (Å²) in [4.78, 5) is 2.35. The average molecular weight is 543 g/mol. The lowest BCUT2D eigenvalue weighted by Gasteiger charge is -2.26. The zero-order valence-corrected chi connectivity index (χ0v) is 23.0. The molecule has 2 unspecified atom stereocenters. The molecule has 2 aliphatic rings. The second-order valence-electron chi connectivity index (χ2n) is 11.0. The molecule has 10 heteroatoms. The Bertz CT molecular complexity index is 1500. The normalized spacial score (nSPS) is 19.2. The predicted octanol–water partition coefficient (Wildman–Crippen LogP) is 3.94. The van der Waals surface area contributed by atoms with Crippen molar-refractivity contribution >= 4 is 17.0 Å². The second kappa shape index (κ2) is 11.2. The molecule has 0 spiro atoms. The number of ether oxygens (including phenoxy) is 3. The molecule has 40 heavy (non-hydrogen) atoms. The van der Waals surface area contributed by atoms with Crippen molar-refractivity contribution in [3.8, 4) is 17.6 Å². The Morgan fingerprint density at radius 2 is 1.77 bits per heavy atom. The van der Waals surface area contributed by atoms with Gasteiger partial charge in [-0.3, -0.25) is 4.90 Å². The molecular weight excluding hydrogens is 508 g/mol. The van der Waals surface area contributed by atoms with Gasteiger partial charge in [-0.25, -0.2) is 4.52 Å². The molecule has 2 N–H and O–H groups in total. The van der Waals surface area contributed by atoms with Gasteiger partial charge in [-0.1, -0.05) is 37.8 Å². The van der Waals surface area contributed by atoms with Crippen molar-refractivity contribution in [1.82, 2.24) is 19.7 Å². The van der Waals surface area contributed by atoms with Crippen LogP contribution in [0.3, 0.4) is 0 Å². The molecule has 3 aromatic heterocycles. The first-order chi connectivity index (χ1) is 19.4. The van der Waals surface area contributed by atoms with Gasteiger partial charge in [0.25, 0.3) is 0 Å². The Morgan fingerprint density at radius 1 is 1.00 bits per heavy atom. The summed E-state index contributed by atoms with van der Waals surface area (Å²) in [6.45, 7) is 11.3. The second-order valence-corrected chi connectivity index (χ2v) is 11.0. The van der Waals surface area contributed by atoms with E-state index < -0.39 is 0 Å². The fraction of sp³-hybridized carbons (Fsp3) is 0.400. The van der Waals surface area contributed by atoms with Crippen molar-refractivity contribution < 1.29 is 18.7 Å². The minimum absolute atomic E-state index is 0.0903. The average Bonchev–Trinajstić information content (AvgIpc) is 3.30. The Kier molecular flexibility index (Phi) is 7.34. The summed E-state index contributed by atoms with van der Waals surface area (Å²) in [7, 11) is 0. The van der Waals surface area contributed by atoms with Gasteiger partial charge >= 0.3 is 0 Å². The van der Waals surface area contributed by atoms with E-state index in [9.17, 15) is 0 Å². The highest BCUT2D eigenvalue weighted by Crippen LogP contribution is 2.29. The minimum atomic E-state index is -0.162. The Labute approximate surface area is 233 Å². The number of hydrogen-bond acceptors (Lipinski definition) is 9. The molecule has 0 radical (unpaired) electrons. The maximum absolute atomic E-state index is 5.95. The van der Waals surface area contributed by atoms with Crippen molar-refractivity contribution in [2.45, 2.75) is 38.6 Å². The summed E-state index contributed by atoms with van der Waals surface area (Å²) in [5.41, 5.74) is 3.56. The SMILES string of the molecule is CC(C)(C)c1cc(NC2OC2Nc2ccc(C#Cc3cnn4cc(OCCN5CCOCC5)cc4c3)cc2)no1. The highest BCUT2D eigenvalue weighted by atomic mass is 16.6. The van der Waals surface area contributed by atoms with Crippen molar-refractivity contribution in [3.05, 3.63) is 71.7 Å². The Hall–Kier alpha value is -4.04.